The van der Waals surface area contributed by atoms with E-state index < -0.39 is 23.6 Å². The number of rotatable bonds is 7. The number of hydrogen-bond acceptors (Lipinski definition) is 5. The number of amides is 1. The number of hydrogen-bond donors (Lipinski definition) is 1. The molecule has 1 amide bonds. The molecule has 0 aliphatic heterocycles. The summed E-state index contributed by atoms with van der Waals surface area (Å²) in [5.41, 5.74) is 0.289. The molecule has 0 spiro atoms. The molecule has 0 saturated heterocycles. The van der Waals surface area contributed by atoms with Crippen LogP contribution in [0.4, 0.5) is 5.69 Å². The standard InChI is InChI=1S/C16H18Cl2N2O4/c1-4-7-24-16(23)10(9(2)21)8-20-12-6-5-11(17)13(14(12)18)15(22)19-3/h5-6,8,10H,4,7H2,1-3H3,(H,19,22). The Labute approximate surface area is 150 Å². The fraction of sp³-hybridized carbons (Fsp3) is 0.375. The normalized spacial score (nSPS) is 12.0. The SMILES string of the molecule is CCCOC(=O)C(C=Nc1ccc(Cl)c(C(=O)NC)c1Cl)C(C)=O. The highest BCUT2D eigenvalue weighted by molar-refractivity contribution is 6.41. The van der Waals surface area contributed by atoms with Crippen LogP contribution in [-0.4, -0.2) is 37.5 Å². The molecule has 1 atom stereocenters. The maximum atomic E-state index is 11.9. The molecule has 0 aliphatic rings. The first-order valence-electron chi connectivity index (χ1n) is 7.24. The molecule has 1 aromatic rings. The van der Waals surface area contributed by atoms with Crippen LogP contribution in [0.25, 0.3) is 0 Å². The van der Waals surface area contributed by atoms with E-state index in [1.807, 2.05) is 6.92 Å². The lowest BCUT2D eigenvalue weighted by atomic mass is 10.1. The molecule has 24 heavy (non-hydrogen) atoms. The van der Waals surface area contributed by atoms with Gasteiger partial charge in [-0.3, -0.25) is 19.4 Å². The second-order valence-corrected chi connectivity index (χ2v) is 5.65. The van der Waals surface area contributed by atoms with Crippen molar-refractivity contribution in [3.63, 3.8) is 0 Å². The van der Waals surface area contributed by atoms with Crippen molar-refractivity contribution >= 4 is 52.8 Å². The lowest BCUT2D eigenvalue weighted by molar-refractivity contribution is -0.148. The fourth-order valence-corrected chi connectivity index (χ4v) is 2.34. The van der Waals surface area contributed by atoms with Crippen LogP contribution < -0.4 is 5.32 Å². The van der Waals surface area contributed by atoms with Crippen molar-refractivity contribution < 1.29 is 19.1 Å². The highest BCUT2D eigenvalue weighted by Crippen LogP contribution is 2.33. The number of Topliss-reactive ketones (excluding diaryl/α,β-unsaturated/α-hetero) is 1. The van der Waals surface area contributed by atoms with E-state index in [1.165, 1.54) is 26.1 Å². The number of aliphatic imine (C=N–C) groups is 1. The predicted octanol–water partition coefficient (Wildman–Crippen LogP) is 3.21. The van der Waals surface area contributed by atoms with E-state index in [2.05, 4.69) is 10.3 Å². The van der Waals surface area contributed by atoms with Crippen LogP contribution >= 0.6 is 23.2 Å². The zero-order valence-corrected chi connectivity index (χ0v) is 15.1. The van der Waals surface area contributed by atoms with Crippen LogP contribution in [-0.2, 0) is 14.3 Å². The third kappa shape index (κ3) is 5.04. The highest BCUT2D eigenvalue weighted by Gasteiger charge is 2.23. The average Bonchev–Trinajstić information content (AvgIpc) is 2.54. The number of nitrogens with zero attached hydrogens (tertiary/aromatic N) is 1. The Morgan fingerprint density at radius 1 is 1.33 bits per heavy atom. The van der Waals surface area contributed by atoms with Crippen molar-refractivity contribution in [2.24, 2.45) is 10.9 Å². The van der Waals surface area contributed by atoms with Gasteiger partial charge in [0.1, 0.15) is 5.78 Å². The molecule has 0 aliphatic carbocycles. The molecule has 1 N–H and O–H groups in total. The molecule has 1 rings (SSSR count). The van der Waals surface area contributed by atoms with Gasteiger partial charge in [0.05, 0.1) is 27.9 Å². The molecule has 8 heteroatoms. The quantitative estimate of drug-likeness (QED) is 0.452. The van der Waals surface area contributed by atoms with Gasteiger partial charge in [-0.2, -0.15) is 0 Å². The molecule has 0 fully saturated rings. The van der Waals surface area contributed by atoms with Crippen LogP contribution in [0.3, 0.4) is 0 Å². The Balaban J connectivity index is 3.13. The first-order valence-corrected chi connectivity index (χ1v) is 8.00. The van der Waals surface area contributed by atoms with Gasteiger partial charge < -0.3 is 10.1 Å². The molecule has 1 unspecified atom stereocenters. The molecule has 0 radical (unpaired) electrons. The van der Waals surface area contributed by atoms with Crippen LogP contribution in [0.1, 0.15) is 30.6 Å². The van der Waals surface area contributed by atoms with E-state index in [0.29, 0.717) is 6.42 Å². The van der Waals surface area contributed by atoms with Gasteiger partial charge in [0, 0.05) is 13.3 Å². The van der Waals surface area contributed by atoms with Gasteiger partial charge in [0.25, 0.3) is 5.91 Å². The van der Waals surface area contributed by atoms with E-state index in [1.54, 1.807) is 0 Å². The third-order valence-electron chi connectivity index (χ3n) is 3.03. The predicted molar refractivity (Wildman–Crippen MR) is 93.4 cm³/mol. The van der Waals surface area contributed by atoms with Crippen molar-refractivity contribution in [2.75, 3.05) is 13.7 Å². The van der Waals surface area contributed by atoms with E-state index in [4.69, 9.17) is 27.9 Å². The highest BCUT2D eigenvalue weighted by atomic mass is 35.5. The Morgan fingerprint density at radius 2 is 2.00 bits per heavy atom. The van der Waals surface area contributed by atoms with Gasteiger partial charge in [0.15, 0.2) is 5.92 Å². The summed E-state index contributed by atoms with van der Waals surface area (Å²) in [6, 6.07) is 2.95. The molecule has 6 nitrogen and oxygen atoms in total. The summed E-state index contributed by atoms with van der Waals surface area (Å²) in [5, 5.41) is 2.63. The summed E-state index contributed by atoms with van der Waals surface area (Å²) in [5.74, 6) is -2.68. The summed E-state index contributed by atoms with van der Waals surface area (Å²) in [6.07, 6.45) is 1.80. The minimum Gasteiger partial charge on any atom is -0.465 e. The Kier molecular flexibility index (Phi) is 7.88. The van der Waals surface area contributed by atoms with E-state index in [9.17, 15) is 14.4 Å². The van der Waals surface area contributed by atoms with E-state index >= 15 is 0 Å². The lowest BCUT2D eigenvalue weighted by Crippen LogP contribution is -2.25. The number of esters is 1. The summed E-state index contributed by atoms with van der Waals surface area (Å²) < 4.78 is 4.96. The maximum Gasteiger partial charge on any atom is 0.321 e. The van der Waals surface area contributed by atoms with Gasteiger partial charge in [-0.05, 0) is 25.5 Å². The summed E-state index contributed by atoms with van der Waals surface area (Å²) in [6.45, 7) is 3.33. The third-order valence-corrected chi connectivity index (χ3v) is 3.73. The molecular formula is C16H18Cl2N2O4. The topological polar surface area (TPSA) is 84.8 Å². The minimum absolute atomic E-state index is 0.0299. The van der Waals surface area contributed by atoms with Gasteiger partial charge in [0.2, 0.25) is 0 Å². The first kappa shape index (κ1) is 20.1. The lowest BCUT2D eigenvalue weighted by Gasteiger charge is -2.10. The second-order valence-electron chi connectivity index (χ2n) is 4.87. The largest absolute Gasteiger partial charge is 0.465 e. The minimum atomic E-state index is -1.13. The van der Waals surface area contributed by atoms with Crippen molar-refractivity contribution in [3.8, 4) is 0 Å². The number of benzene rings is 1. The number of halogens is 2. The molecule has 0 bridgehead atoms. The maximum absolute atomic E-state index is 11.9. The van der Waals surface area contributed by atoms with Crippen molar-refractivity contribution in [2.45, 2.75) is 20.3 Å². The molecule has 0 saturated carbocycles. The van der Waals surface area contributed by atoms with Crippen molar-refractivity contribution in [1.82, 2.24) is 5.32 Å². The average molecular weight is 373 g/mol. The molecule has 1 aromatic carbocycles. The van der Waals surface area contributed by atoms with Gasteiger partial charge in [-0.25, -0.2) is 0 Å². The zero-order valence-electron chi connectivity index (χ0n) is 13.6. The van der Waals surface area contributed by atoms with Crippen LogP contribution in [0.2, 0.25) is 10.0 Å². The number of ether oxygens (including phenoxy) is 1. The van der Waals surface area contributed by atoms with Crippen LogP contribution in [0.15, 0.2) is 17.1 Å². The van der Waals surface area contributed by atoms with Crippen molar-refractivity contribution in [3.05, 3.63) is 27.7 Å². The Morgan fingerprint density at radius 3 is 2.54 bits per heavy atom. The molecule has 0 aromatic heterocycles. The van der Waals surface area contributed by atoms with Gasteiger partial charge in [-0.1, -0.05) is 30.1 Å². The molecule has 130 valence electrons. The molecule has 0 heterocycles. The first-order chi connectivity index (χ1) is 11.3. The van der Waals surface area contributed by atoms with Crippen LogP contribution in [0.5, 0.6) is 0 Å². The van der Waals surface area contributed by atoms with Crippen molar-refractivity contribution in [1.29, 1.82) is 0 Å². The number of nitrogens with one attached hydrogen (secondary N) is 1. The number of ketones is 1. The summed E-state index contributed by atoms with van der Waals surface area (Å²) in [7, 11) is 1.44. The zero-order chi connectivity index (χ0) is 18.3. The second kappa shape index (κ2) is 9.39. The smallest absolute Gasteiger partial charge is 0.321 e. The molecular weight excluding hydrogens is 355 g/mol. The number of carbonyl (C=O) groups is 3. The fourth-order valence-electron chi connectivity index (χ4n) is 1.75. The van der Waals surface area contributed by atoms with E-state index in [0.717, 1.165) is 6.21 Å². The summed E-state index contributed by atoms with van der Waals surface area (Å²) >= 11 is 12.1. The Hall–Kier alpha value is -1.92. The van der Waals surface area contributed by atoms with Crippen LogP contribution in [0, 0.1) is 5.92 Å². The number of carbonyl (C=O) groups excluding carboxylic acids is 3. The van der Waals surface area contributed by atoms with Gasteiger partial charge in [-0.15, -0.1) is 0 Å². The van der Waals surface area contributed by atoms with Gasteiger partial charge >= 0.3 is 5.97 Å². The Bertz CT molecular complexity index is 674. The monoisotopic (exact) mass is 372 g/mol. The van der Waals surface area contributed by atoms with E-state index in [-0.39, 0.29) is 27.9 Å². The summed E-state index contributed by atoms with van der Waals surface area (Å²) in [4.78, 5) is 39.4.